The summed E-state index contributed by atoms with van der Waals surface area (Å²) < 4.78 is 0. The molecule has 1 aromatic carbocycles. The summed E-state index contributed by atoms with van der Waals surface area (Å²) in [6, 6.07) is 6.41. The van der Waals surface area contributed by atoms with E-state index in [4.69, 9.17) is 5.11 Å². The molecule has 0 aliphatic rings. The smallest absolute Gasteiger partial charge is 0.663 e. The zero-order valence-electron chi connectivity index (χ0n) is 9.22. The number of hydrogen-bond donors (Lipinski definition) is 1. The molecule has 0 saturated heterocycles. The Hall–Kier alpha value is -1.81. The Morgan fingerprint density at radius 1 is 1.44 bits per heavy atom. The second-order valence-corrected chi connectivity index (χ2v) is 3.61. The Labute approximate surface area is 113 Å². The van der Waals surface area contributed by atoms with Crippen LogP contribution in [0.2, 0.25) is 0 Å². The van der Waals surface area contributed by atoms with Gasteiger partial charge < -0.3 is 20.2 Å². The number of carboxylic acids is 1. The molecule has 2 rings (SSSR count). The number of aliphatic carboxylic acids is 1. The topological polar surface area (TPSA) is 82.6 Å². The fraction of sp³-hybridized carbons (Fsp3) is 0.167. The van der Waals surface area contributed by atoms with E-state index in [2.05, 4.69) is 10.3 Å². The van der Waals surface area contributed by atoms with E-state index in [1.165, 1.54) is 0 Å². The first kappa shape index (κ1) is 14.3. The summed E-state index contributed by atoms with van der Waals surface area (Å²) in [6.07, 6.45) is 2.08. The summed E-state index contributed by atoms with van der Waals surface area (Å²) in [5.74, 6) is -1.11. The van der Waals surface area contributed by atoms with Crippen molar-refractivity contribution >= 4 is 23.3 Å². The number of hydrogen-bond acceptors (Lipinski definition) is 2. The summed E-state index contributed by atoms with van der Waals surface area (Å²) in [7, 11) is 0. The van der Waals surface area contributed by atoms with Crippen molar-refractivity contribution in [1.29, 1.82) is 0 Å². The second kappa shape index (κ2) is 6.21. The molecule has 0 saturated carbocycles. The maximum absolute atomic E-state index is 10.9. The quantitative estimate of drug-likeness (QED) is 0.664. The van der Waals surface area contributed by atoms with Crippen molar-refractivity contribution in [2.24, 2.45) is 0 Å². The standard InChI is InChI=1S/C12H11N2O3.Ni/c15-7-14-11(12(16)17)5-8-6-13-10-4-2-1-3-9(8)10;/h1-4,6-7,11H,5H2,(H2,14,15,16,17);/q-1;+2/p-1/t11-;/m0./s1. The first-order chi connectivity index (χ1) is 8.22. The Kier molecular flexibility index (Phi) is 4.92. The Morgan fingerprint density at radius 2 is 2.17 bits per heavy atom. The van der Waals surface area contributed by atoms with Crippen LogP contribution in [0.15, 0.2) is 30.5 Å². The number of carbonyl (C=O) groups excluding carboxylic acids is 1. The van der Waals surface area contributed by atoms with Crippen LogP contribution in [0, 0.1) is 0 Å². The zero-order valence-corrected chi connectivity index (χ0v) is 10.2. The van der Waals surface area contributed by atoms with Crippen molar-refractivity contribution in [3.8, 4) is 0 Å². The van der Waals surface area contributed by atoms with Crippen molar-refractivity contribution < 1.29 is 31.2 Å². The fourth-order valence-electron chi connectivity index (χ4n) is 1.72. The average molecular weight is 289 g/mol. The van der Waals surface area contributed by atoms with Gasteiger partial charge in [0.2, 0.25) is 0 Å². The SMILES string of the molecule is O=C[N-][C@@H](Cc1c[n-]c2ccccc12)C(=O)O.[Ni+2]. The molecule has 1 aromatic heterocycles. The second-order valence-electron chi connectivity index (χ2n) is 3.61. The molecule has 0 bridgehead atoms. The van der Waals surface area contributed by atoms with Gasteiger partial charge in [-0.25, -0.2) is 0 Å². The number of carboxylic acid groups (broad SMARTS) is 1. The number of aromatic nitrogens is 1. The van der Waals surface area contributed by atoms with Gasteiger partial charge in [-0.1, -0.05) is 29.8 Å². The third-order valence-electron chi connectivity index (χ3n) is 2.55. The van der Waals surface area contributed by atoms with Crippen LogP contribution in [-0.4, -0.2) is 23.5 Å². The minimum Gasteiger partial charge on any atom is -0.663 e. The van der Waals surface area contributed by atoms with Crippen LogP contribution >= 0.6 is 0 Å². The largest absolute Gasteiger partial charge is 2.00 e. The third-order valence-corrected chi connectivity index (χ3v) is 2.55. The molecule has 6 heteroatoms. The van der Waals surface area contributed by atoms with Crippen LogP contribution in [0.1, 0.15) is 5.56 Å². The summed E-state index contributed by atoms with van der Waals surface area (Å²) in [5, 5.41) is 13.2. The molecule has 1 atom stereocenters. The van der Waals surface area contributed by atoms with E-state index in [0.717, 1.165) is 16.5 Å². The minimum absolute atomic E-state index is 0. The van der Waals surface area contributed by atoms with E-state index >= 15 is 0 Å². The molecule has 0 radical (unpaired) electrons. The predicted octanol–water partition coefficient (Wildman–Crippen LogP) is 1.32. The third kappa shape index (κ3) is 2.90. The summed E-state index contributed by atoms with van der Waals surface area (Å²) in [4.78, 5) is 25.3. The molecule has 0 unspecified atom stereocenters. The molecular formula is C12H10N2NiO3. The molecule has 1 amide bonds. The van der Waals surface area contributed by atoms with Gasteiger partial charge in [-0.2, -0.15) is 6.20 Å². The Morgan fingerprint density at radius 3 is 2.83 bits per heavy atom. The van der Waals surface area contributed by atoms with Gasteiger partial charge in [-0.15, -0.1) is 5.52 Å². The van der Waals surface area contributed by atoms with Crippen LogP contribution in [0.3, 0.4) is 0 Å². The van der Waals surface area contributed by atoms with Crippen LogP contribution in [-0.2, 0) is 32.5 Å². The number of carbonyl (C=O) groups is 2. The van der Waals surface area contributed by atoms with Crippen molar-refractivity contribution in [1.82, 2.24) is 4.98 Å². The van der Waals surface area contributed by atoms with Gasteiger partial charge in [0.15, 0.2) is 0 Å². The molecular weight excluding hydrogens is 279 g/mol. The minimum atomic E-state index is -1.11. The molecule has 0 spiro atoms. The van der Waals surface area contributed by atoms with Gasteiger partial charge in [0.25, 0.3) is 5.97 Å². The van der Waals surface area contributed by atoms with Gasteiger partial charge in [0.05, 0.1) is 0 Å². The van der Waals surface area contributed by atoms with E-state index in [1.54, 1.807) is 6.20 Å². The van der Waals surface area contributed by atoms with Crippen molar-refractivity contribution in [2.45, 2.75) is 12.5 Å². The summed E-state index contributed by atoms with van der Waals surface area (Å²) in [5.41, 5.74) is 1.61. The normalized spacial score (nSPS) is 11.6. The van der Waals surface area contributed by atoms with Gasteiger partial charge in [0, 0.05) is 6.41 Å². The van der Waals surface area contributed by atoms with Crippen LogP contribution in [0.4, 0.5) is 0 Å². The van der Waals surface area contributed by atoms with Crippen LogP contribution in [0.25, 0.3) is 16.2 Å². The van der Waals surface area contributed by atoms with E-state index in [9.17, 15) is 9.59 Å². The first-order valence-electron chi connectivity index (χ1n) is 5.08. The molecule has 5 nitrogen and oxygen atoms in total. The average Bonchev–Trinajstić information content (AvgIpc) is 2.72. The summed E-state index contributed by atoms with van der Waals surface area (Å²) >= 11 is 0. The van der Waals surface area contributed by atoms with Gasteiger partial charge in [-0.3, -0.25) is 4.79 Å². The maximum Gasteiger partial charge on any atom is 2.00 e. The number of rotatable bonds is 5. The number of nitrogens with zero attached hydrogens (tertiary/aromatic N) is 2. The fourth-order valence-corrected chi connectivity index (χ4v) is 1.72. The van der Waals surface area contributed by atoms with Gasteiger partial charge in [-0.05, 0) is 17.8 Å². The van der Waals surface area contributed by atoms with E-state index < -0.39 is 12.0 Å². The molecule has 18 heavy (non-hydrogen) atoms. The van der Waals surface area contributed by atoms with Crippen molar-refractivity contribution in [3.63, 3.8) is 0 Å². The van der Waals surface area contributed by atoms with E-state index in [0.29, 0.717) is 0 Å². The van der Waals surface area contributed by atoms with Crippen molar-refractivity contribution in [2.75, 3.05) is 0 Å². The molecule has 2 aromatic rings. The molecule has 96 valence electrons. The zero-order chi connectivity index (χ0) is 12.3. The molecule has 0 aliphatic carbocycles. The van der Waals surface area contributed by atoms with E-state index in [-0.39, 0.29) is 29.3 Å². The monoisotopic (exact) mass is 288 g/mol. The molecule has 0 aliphatic heterocycles. The van der Waals surface area contributed by atoms with Gasteiger partial charge in [0.1, 0.15) is 0 Å². The maximum atomic E-state index is 10.9. The van der Waals surface area contributed by atoms with Crippen LogP contribution < -0.4 is 4.98 Å². The van der Waals surface area contributed by atoms with Crippen molar-refractivity contribution in [3.05, 3.63) is 41.3 Å². The Balaban J connectivity index is 0.00000162. The first-order valence-corrected chi connectivity index (χ1v) is 5.08. The number of fused-ring (bicyclic) bond motifs is 1. The van der Waals surface area contributed by atoms with E-state index in [1.807, 2.05) is 24.3 Å². The summed E-state index contributed by atoms with van der Waals surface area (Å²) in [6.45, 7) is 0. The van der Waals surface area contributed by atoms with Gasteiger partial charge >= 0.3 is 16.5 Å². The molecule has 1 N–H and O–H groups in total. The number of benzene rings is 1. The van der Waals surface area contributed by atoms with Crippen LogP contribution in [0.5, 0.6) is 0 Å². The number of para-hydroxylation sites is 1. The predicted molar refractivity (Wildman–Crippen MR) is 61.8 cm³/mol. The molecule has 1 heterocycles. The molecule has 0 fully saturated rings. The Bertz CT molecular complexity index is 553. The number of amides is 1.